The van der Waals surface area contributed by atoms with Crippen molar-refractivity contribution in [1.29, 1.82) is 0 Å². The average Bonchev–Trinajstić information content (AvgIpc) is 2.42. The predicted molar refractivity (Wildman–Crippen MR) is 94.1 cm³/mol. The number of carbonyl (C=O) groups excluding carboxylic acids is 1. The third-order valence-electron chi connectivity index (χ3n) is 3.55. The van der Waals surface area contributed by atoms with E-state index in [9.17, 15) is 14.7 Å². The molecule has 0 rings (SSSR count). The van der Waals surface area contributed by atoms with E-state index in [-0.39, 0.29) is 6.10 Å². The zero-order chi connectivity index (χ0) is 18.8. The minimum Gasteiger partial charge on any atom is -0.480 e. The van der Waals surface area contributed by atoms with Crippen molar-refractivity contribution in [2.75, 3.05) is 6.61 Å². The summed E-state index contributed by atoms with van der Waals surface area (Å²) in [6.07, 6.45) is 3.45. The molecule has 0 bridgehead atoms. The van der Waals surface area contributed by atoms with Crippen molar-refractivity contribution in [3.05, 3.63) is 0 Å². The topological polar surface area (TPSA) is 84.9 Å². The number of nitrogens with one attached hydrogen (secondary N) is 1. The van der Waals surface area contributed by atoms with Crippen molar-refractivity contribution in [2.24, 2.45) is 5.92 Å². The second-order valence-corrected chi connectivity index (χ2v) is 7.47. The Kier molecular flexibility index (Phi) is 10.7. The van der Waals surface area contributed by atoms with E-state index in [0.29, 0.717) is 25.4 Å². The van der Waals surface area contributed by atoms with E-state index in [0.717, 1.165) is 19.3 Å². The summed E-state index contributed by atoms with van der Waals surface area (Å²) in [7, 11) is 0. The lowest BCUT2D eigenvalue weighted by Crippen LogP contribution is -2.44. The van der Waals surface area contributed by atoms with Crippen LogP contribution in [0, 0.1) is 5.92 Å². The molecule has 0 aliphatic carbocycles. The van der Waals surface area contributed by atoms with Crippen molar-refractivity contribution < 1.29 is 24.2 Å². The fraction of sp³-hybridized carbons (Fsp3) is 0.889. The predicted octanol–water partition coefficient (Wildman–Crippen LogP) is 3.98. The van der Waals surface area contributed by atoms with Gasteiger partial charge in [0, 0.05) is 6.61 Å². The highest BCUT2D eigenvalue weighted by Gasteiger charge is 2.25. The van der Waals surface area contributed by atoms with Crippen LogP contribution < -0.4 is 5.32 Å². The first-order valence-corrected chi connectivity index (χ1v) is 8.90. The fourth-order valence-electron chi connectivity index (χ4n) is 2.23. The fourth-order valence-corrected chi connectivity index (χ4v) is 2.23. The molecule has 1 amide bonds. The number of rotatable bonds is 11. The maximum absolute atomic E-state index is 11.8. The highest BCUT2D eigenvalue weighted by molar-refractivity contribution is 5.79. The lowest BCUT2D eigenvalue weighted by atomic mass is 9.99. The van der Waals surface area contributed by atoms with E-state index in [1.807, 2.05) is 0 Å². The van der Waals surface area contributed by atoms with Gasteiger partial charge >= 0.3 is 12.1 Å². The zero-order valence-corrected chi connectivity index (χ0v) is 16.1. The Hall–Kier alpha value is -1.30. The Morgan fingerprint density at radius 1 is 1.12 bits per heavy atom. The van der Waals surface area contributed by atoms with Gasteiger partial charge in [-0.05, 0) is 46.0 Å². The Bertz CT molecular complexity index is 376. The van der Waals surface area contributed by atoms with Crippen LogP contribution in [0.4, 0.5) is 4.79 Å². The molecule has 0 aliphatic heterocycles. The number of ether oxygens (including phenoxy) is 2. The van der Waals surface area contributed by atoms with Gasteiger partial charge in [-0.25, -0.2) is 9.59 Å². The van der Waals surface area contributed by atoms with Crippen LogP contribution in [-0.2, 0) is 14.3 Å². The van der Waals surface area contributed by atoms with E-state index < -0.39 is 23.7 Å². The monoisotopic (exact) mass is 345 g/mol. The highest BCUT2D eigenvalue weighted by atomic mass is 16.6. The Labute approximate surface area is 146 Å². The van der Waals surface area contributed by atoms with E-state index in [2.05, 4.69) is 26.1 Å². The molecule has 0 saturated carbocycles. The van der Waals surface area contributed by atoms with Crippen molar-refractivity contribution in [1.82, 2.24) is 5.32 Å². The molecule has 6 heteroatoms. The number of unbranched alkanes of at least 4 members (excludes halogenated alkanes) is 2. The third kappa shape index (κ3) is 11.3. The van der Waals surface area contributed by atoms with E-state index in [4.69, 9.17) is 9.47 Å². The molecule has 0 spiro atoms. The molecular weight excluding hydrogens is 310 g/mol. The smallest absolute Gasteiger partial charge is 0.408 e. The molecule has 0 heterocycles. The van der Waals surface area contributed by atoms with Gasteiger partial charge in [0.2, 0.25) is 0 Å². The lowest BCUT2D eigenvalue weighted by molar-refractivity contribution is -0.139. The third-order valence-corrected chi connectivity index (χ3v) is 3.55. The van der Waals surface area contributed by atoms with E-state index in [1.165, 1.54) is 0 Å². The van der Waals surface area contributed by atoms with Gasteiger partial charge in [-0.15, -0.1) is 0 Å². The molecule has 142 valence electrons. The maximum atomic E-state index is 11.8. The average molecular weight is 345 g/mol. The standard InChI is InChI=1S/C18H35NO5/c1-7-8-9-12-23-15(13(2)3)11-10-14(16(20)21)19-17(22)24-18(4,5)6/h13-15H,7-12H2,1-6H3,(H,19,22)(H,20,21). The molecule has 0 aromatic rings. The molecule has 2 atom stereocenters. The SMILES string of the molecule is CCCCCOC(CCC(NC(=O)OC(C)(C)C)C(=O)O)C(C)C. The Morgan fingerprint density at radius 3 is 2.21 bits per heavy atom. The summed E-state index contributed by atoms with van der Waals surface area (Å²) in [5.41, 5.74) is -0.657. The Morgan fingerprint density at radius 2 is 1.75 bits per heavy atom. The normalized spacial score (nSPS) is 14.3. The molecule has 24 heavy (non-hydrogen) atoms. The number of amides is 1. The van der Waals surface area contributed by atoms with Crippen LogP contribution in [0.5, 0.6) is 0 Å². The van der Waals surface area contributed by atoms with Gasteiger partial charge in [0.25, 0.3) is 0 Å². The maximum Gasteiger partial charge on any atom is 0.408 e. The van der Waals surface area contributed by atoms with Crippen LogP contribution >= 0.6 is 0 Å². The van der Waals surface area contributed by atoms with Crippen molar-refractivity contribution >= 4 is 12.1 Å². The summed E-state index contributed by atoms with van der Waals surface area (Å²) in [4.78, 5) is 23.1. The quantitative estimate of drug-likeness (QED) is 0.553. The second kappa shape index (κ2) is 11.3. The number of carboxylic acids is 1. The molecule has 0 radical (unpaired) electrons. The highest BCUT2D eigenvalue weighted by Crippen LogP contribution is 2.16. The number of carboxylic acid groups (broad SMARTS) is 1. The second-order valence-electron chi connectivity index (χ2n) is 7.47. The minimum atomic E-state index is -1.06. The Balaban J connectivity index is 4.47. The summed E-state index contributed by atoms with van der Waals surface area (Å²) in [5, 5.41) is 11.7. The van der Waals surface area contributed by atoms with E-state index in [1.54, 1.807) is 20.8 Å². The van der Waals surface area contributed by atoms with E-state index >= 15 is 0 Å². The number of hydrogen-bond acceptors (Lipinski definition) is 4. The first-order chi connectivity index (χ1) is 11.1. The van der Waals surface area contributed by atoms with Crippen molar-refractivity contribution in [3.8, 4) is 0 Å². The molecule has 0 saturated heterocycles. The number of carbonyl (C=O) groups is 2. The molecule has 0 aromatic heterocycles. The van der Waals surface area contributed by atoms with Gasteiger partial charge in [0.05, 0.1) is 6.10 Å². The van der Waals surface area contributed by atoms with Crippen LogP contribution in [0.15, 0.2) is 0 Å². The largest absolute Gasteiger partial charge is 0.480 e. The first-order valence-electron chi connectivity index (χ1n) is 8.90. The first kappa shape index (κ1) is 22.7. The van der Waals surface area contributed by atoms with Crippen LogP contribution in [-0.4, -0.2) is 41.5 Å². The summed E-state index contributed by atoms with van der Waals surface area (Å²) < 4.78 is 11.0. The molecule has 0 aliphatic rings. The molecule has 2 unspecified atom stereocenters. The van der Waals surface area contributed by atoms with Gasteiger partial charge < -0.3 is 19.9 Å². The van der Waals surface area contributed by atoms with Crippen molar-refractivity contribution in [2.45, 2.75) is 91.4 Å². The van der Waals surface area contributed by atoms with Gasteiger partial charge in [0.1, 0.15) is 11.6 Å². The number of alkyl carbamates (subject to hydrolysis) is 1. The van der Waals surface area contributed by atoms with Crippen LogP contribution in [0.1, 0.15) is 73.6 Å². The summed E-state index contributed by atoms with van der Waals surface area (Å²) in [6, 6.07) is -0.972. The zero-order valence-electron chi connectivity index (χ0n) is 16.1. The van der Waals surface area contributed by atoms with Gasteiger partial charge in [-0.1, -0.05) is 33.6 Å². The van der Waals surface area contributed by atoms with Gasteiger partial charge in [0.15, 0.2) is 0 Å². The molecule has 6 nitrogen and oxygen atoms in total. The molecule has 2 N–H and O–H groups in total. The van der Waals surface area contributed by atoms with Crippen molar-refractivity contribution in [3.63, 3.8) is 0 Å². The van der Waals surface area contributed by atoms with Gasteiger partial charge in [-0.3, -0.25) is 0 Å². The summed E-state index contributed by atoms with van der Waals surface area (Å²) >= 11 is 0. The van der Waals surface area contributed by atoms with Crippen LogP contribution in [0.3, 0.4) is 0 Å². The minimum absolute atomic E-state index is 0.0101. The van der Waals surface area contributed by atoms with Gasteiger partial charge in [-0.2, -0.15) is 0 Å². The molecular formula is C18H35NO5. The van der Waals surface area contributed by atoms with Crippen LogP contribution in [0.25, 0.3) is 0 Å². The molecule has 0 aromatic carbocycles. The summed E-state index contributed by atoms with van der Waals surface area (Å²) in [6.45, 7) is 12.2. The number of hydrogen-bond donors (Lipinski definition) is 2. The summed E-state index contributed by atoms with van der Waals surface area (Å²) in [5.74, 6) is -0.767. The number of aliphatic carboxylic acids is 1. The van der Waals surface area contributed by atoms with Crippen LogP contribution in [0.2, 0.25) is 0 Å². The molecule has 0 fully saturated rings. The lowest BCUT2D eigenvalue weighted by Gasteiger charge is -2.25.